The van der Waals surface area contributed by atoms with Crippen LogP contribution in [0.15, 0.2) is 18.5 Å². The molecule has 7 nitrogen and oxygen atoms in total. The number of amides is 3. The molecule has 1 heterocycles. The van der Waals surface area contributed by atoms with Crippen molar-refractivity contribution < 1.29 is 19.5 Å². The van der Waals surface area contributed by atoms with Crippen molar-refractivity contribution in [2.24, 2.45) is 0 Å². The number of aromatic nitrogens is 1. The van der Waals surface area contributed by atoms with E-state index in [1.54, 1.807) is 19.2 Å². The first-order valence-electron chi connectivity index (χ1n) is 5.22. The Balaban J connectivity index is 2.45. The van der Waals surface area contributed by atoms with Crippen LogP contribution in [0, 0.1) is 6.92 Å². The number of carbonyl (C=O) groups is 3. The average molecular weight is 251 g/mol. The normalized spacial score (nSPS) is 9.61. The van der Waals surface area contributed by atoms with Crippen molar-refractivity contribution >= 4 is 23.6 Å². The molecule has 7 heteroatoms. The SMILES string of the molecule is Cc1ccncc1NC(=O)NC(=O)CCC(=O)O. The predicted molar refractivity (Wildman–Crippen MR) is 63.0 cm³/mol. The second-order valence-electron chi connectivity index (χ2n) is 3.59. The van der Waals surface area contributed by atoms with E-state index >= 15 is 0 Å². The second-order valence-corrected chi connectivity index (χ2v) is 3.59. The van der Waals surface area contributed by atoms with E-state index in [1.807, 2.05) is 5.32 Å². The average Bonchev–Trinajstić information content (AvgIpc) is 2.29. The van der Waals surface area contributed by atoms with Gasteiger partial charge in [-0.1, -0.05) is 0 Å². The molecule has 3 amide bonds. The number of hydrogen-bond donors (Lipinski definition) is 3. The lowest BCUT2D eigenvalue weighted by Crippen LogP contribution is -2.34. The van der Waals surface area contributed by atoms with E-state index in [4.69, 9.17) is 5.11 Å². The number of carboxylic acids is 1. The zero-order valence-corrected chi connectivity index (χ0v) is 9.77. The Bertz CT molecular complexity index is 473. The Kier molecular flexibility index (Phi) is 4.79. The first-order valence-corrected chi connectivity index (χ1v) is 5.22. The van der Waals surface area contributed by atoms with Crippen molar-refractivity contribution in [2.75, 3.05) is 5.32 Å². The van der Waals surface area contributed by atoms with Crippen molar-refractivity contribution in [1.29, 1.82) is 0 Å². The number of nitrogens with zero attached hydrogens (tertiary/aromatic N) is 1. The third kappa shape index (κ3) is 4.60. The number of nitrogens with one attached hydrogen (secondary N) is 2. The Morgan fingerprint density at radius 3 is 2.67 bits per heavy atom. The molecule has 1 rings (SSSR count). The Hall–Kier alpha value is -2.44. The topological polar surface area (TPSA) is 108 Å². The summed E-state index contributed by atoms with van der Waals surface area (Å²) in [4.78, 5) is 36.7. The first kappa shape index (κ1) is 13.6. The molecular formula is C11H13N3O4. The van der Waals surface area contributed by atoms with Gasteiger partial charge in [0.2, 0.25) is 5.91 Å². The van der Waals surface area contributed by atoms with Gasteiger partial charge in [0.25, 0.3) is 0 Å². The molecule has 0 radical (unpaired) electrons. The van der Waals surface area contributed by atoms with Crippen molar-refractivity contribution in [1.82, 2.24) is 10.3 Å². The van der Waals surface area contributed by atoms with Gasteiger partial charge in [0, 0.05) is 12.6 Å². The van der Waals surface area contributed by atoms with Crippen LogP contribution >= 0.6 is 0 Å². The number of carboxylic acid groups (broad SMARTS) is 1. The zero-order valence-electron chi connectivity index (χ0n) is 9.77. The summed E-state index contributed by atoms with van der Waals surface area (Å²) in [7, 11) is 0. The third-order valence-electron chi connectivity index (χ3n) is 2.11. The summed E-state index contributed by atoms with van der Waals surface area (Å²) in [5.41, 5.74) is 1.29. The van der Waals surface area contributed by atoms with Gasteiger partial charge in [0.05, 0.1) is 18.3 Å². The summed E-state index contributed by atoms with van der Waals surface area (Å²) in [6.07, 6.45) is 2.48. The lowest BCUT2D eigenvalue weighted by molar-refractivity contribution is -0.138. The summed E-state index contributed by atoms with van der Waals surface area (Å²) < 4.78 is 0. The maximum atomic E-state index is 11.4. The van der Waals surface area contributed by atoms with Gasteiger partial charge < -0.3 is 10.4 Å². The van der Waals surface area contributed by atoms with Crippen LogP contribution < -0.4 is 10.6 Å². The van der Waals surface area contributed by atoms with E-state index in [0.717, 1.165) is 5.56 Å². The van der Waals surface area contributed by atoms with Gasteiger partial charge in [0.1, 0.15) is 0 Å². The van der Waals surface area contributed by atoms with Gasteiger partial charge in [0.15, 0.2) is 0 Å². The highest BCUT2D eigenvalue weighted by atomic mass is 16.4. The lowest BCUT2D eigenvalue weighted by atomic mass is 10.2. The summed E-state index contributed by atoms with van der Waals surface area (Å²) in [6.45, 7) is 1.78. The molecule has 0 aliphatic heterocycles. The minimum absolute atomic E-state index is 0.241. The molecule has 0 fully saturated rings. The smallest absolute Gasteiger partial charge is 0.325 e. The quantitative estimate of drug-likeness (QED) is 0.736. The lowest BCUT2D eigenvalue weighted by Gasteiger charge is -2.07. The van der Waals surface area contributed by atoms with E-state index in [0.29, 0.717) is 5.69 Å². The number of pyridine rings is 1. The summed E-state index contributed by atoms with van der Waals surface area (Å²) in [5.74, 6) is -1.73. The van der Waals surface area contributed by atoms with Crippen LogP contribution in [-0.4, -0.2) is 28.0 Å². The third-order valence-corrected chi connectivity index (χ3v) is 2.11. The van der Waals surface area contributed by atoms with Gasteiger partial charge in [-0.2, -0.15) is 0 Å². The Morgan fingerprint density at radius 1 is 1.33 bits per heavy atom. The van der Waals surface area contributed by atoms with Gasteiger partial charge in [-0.3, -0.25) is 19.9 Å². The molecular weight excluding hydrogens is 238 g/mol. The summed E-state index contributed by atoms with van der Waals surface area (Å²) in [6, 6.07) is 1.00. The predicted octanol–water partition coefficient (Wildman–Crippen LogP) is 0.903. The molecule has 0 atom stereocenters. The molecule has 0 spiro atoms. The highest BCUT2D eigenvalue weighted by Gasteiger charge is 2.10. The molecule has 0 aliphatic carbocycles. The summed E-state index contributed by atoms with van der Waals surface area (Å²) in [5, 5.41) is 12.9. The fraction of sp³-hybridized carbons (Fsp3) is 0.273. The number of aryl methyl sites for hydroxylation is 1. The maximum Gasteiger partial charge on any atom is 0.325 e. The van der Waals surface area contributed by atoms with Crippen LogP contribution in [0.2, 0.25) is 0 Å². The van der Waals surface area contributed by atoms with Crippen molar-refractivity contribution in [2.45, 2.75) is 19.8 Å². The van der Waals surface area contributed by atoms with Crippen LogP contribution in [0.1, 0.15) is 18.4 Å². The van der Waals surface area contributed by atoms with E-state index in [1.165, 1.54) is 6.20 Å². The van der Waals surface area contributed by atoms with Crippen LogP contribution in [0.25, 0.3) is 0 Å². The molecule has 0 saturated carbocycles. The van der Waals surface area contributed by atoms with Crippen LogP contribution in [-0.2, 0) is 9.59 Å². The van der Waals surface area contributed by atoms with E-state index < -0.39 is 17.9 Å². The highest BCUT2D eigenvalue weighted by Crippen LogP contribution is 2.10. The molecule has 18 heavy (non-hydrogen) atoms. The molecule has 3 N–H and O–H groups in total. The Morgan fingerprint density at radius 2 is 2.06 bits per heavy atom. The highest BCUT2D eigenvalue weighted by molar-refractivity contribution is 6.01. The largest absolute Gasteiger partial charge is 0.481 e. The monoisotopic (exact) mass is 251 g/mol. The molecule has 0 saturated heterocycles. The van der Waals surface area contributed by atoms with Crippen LogP contribution in [0.3, 0.4) is 0 Å². The molecule has 1 aromatic rings. The number of imide groups is 1. The number of hydrogen-bond acceptors (Lipinski definition) is 4. The van der Waals surface area contributed by atoms with Gasteiger partial charge in [-0.05, 0) is 18.6 Å². The summed E-state index contributed by atoms with van der Waals surface area (Å²) >= 11 is 0. The molecule has 0 bridgehead atoms. The maximum absolute atomic E-state index is 11.4. The Labute approximate surface area is 103 Å². The minimum Gasteiger partial charge on any atom is -0.481 e. The molecule has 96 valence electrons. The second kappa shape index (κ2) is 6.33. The minimum atomic E-state index is -1.09. The van der Waals surface area contributed by atoms with Gasteiger partial charge in [-0.25, -0.2) is 4.79 Å². The fourth-order valence-electron chi connectivity index (χ4n) is 1.16. The number of urea groups is 1. The van der Waals surface area contributed by atoms with Crippen LogP contribution in [0.4, 0.5) is 10.5 Å². The van der Waals surface area contributed by atoms with Gasteiger partial charge in [-0.15, -0.1) is 0 Å². The number of aliphatic carboxylic acids is 1. The van der Waals surface area contributed by atoms with E-state index in [-0.39, 0.29) is 12.8 Å². The molecule has 0 aromatic carbocycles. The van der Waals surface area contributed by atoms with Crippen LogP contribution in [0.5, 0.6) is 0 Å². The van der Waals surface area contributed by atoms with Gasteiger partial charge >= 0.3 is 12.0 Å². The fourth-order valence-corrected chi connectivity index (χ4v) is 1.16. The van der Waals surface area contributed by atoms with E-state index in [9.17, 15) is 14.4 Å². The zero-order chi connectivity index (χ0) is 13.5. The number of anilines is 1. The number of rotatable bonds is 4. The van der Waals surface area contributed by atoms with Crippen molar-refractivity contribution in [3.63, 3.8) is 0 Å². The number of carbonyl (C=O) groups excluding carboxylic acids is 2. The first-order chi connectivity index (χ1) is 8.49. The molecule has 1 aromatic heterocycles. The van der Waals surface area contributed by atoms with Crippen molar-refractivity contribution in [3.05, 3.63) is 24.0 Å². The molecule has 0 aliphatic rings. The van der Waals surface area contributed by atoms with E-state index in [2.05, 4.69) is 10.3 Å². The standard InChI is InChI=1S/C11H13N3O4/c1-7-4-5-12-6-8(7)13-11(18)14-9(15)2-3-10(16)17/h4-6H,2-3H2,1H3,(H,16,17)(H2,13,14,15,18). The molecule has 0 unspecified atom stereocenters. The van der Waals surface area contributed by atoms with Crippen molar-refractivity contribution in [3.8, 4) is 0 Å².